The van der Waals surface area contributed by atoms with Crippen LogP contribution in [0.3, 0.4) is 0 Å². The molecule has 0 aromatic carbocycles. The number of ether oxygens (including phenoxy) is 1. The number of hydrogen-bond acceptors (Lipinski definition) is 3. The van der Waals surface area contributed by atoms with E-state index < -0.39 is 0 Å². The van der Waals surface area contributed by atoms with E-state index in [2.05, 4.69) is 11.9 Å². The molecule has 2 aliphatic rings. The molecule has 2 heterocycles. The molecule has 0 bridgehead atoms. The third-order valence-corrected chi connectivity index (χ3v) is 3.29. The zero-order valence-corrected chi connectivity index (χ0v) is 9.45. The van der Waals surface area contributed by atoms with E-state index in [1.54, 1.807) is 0 Å². The lowest BCUT2D eigenvalue weighted by atomic mass is 9.99. The van der Waals surface area contributed by atoms with E-state index >= 15 is 0 Å². The maximum absolute atomic E-state index is 11.7. The third-order valence-electron chi connectivity index (χ3n) is 3.29. The van der Waals surface area contributed by atoms with Crippen molar-refractivity contribution in [2.24, 2.45) is 5.92 Å². The van der Waals surface area contributed by atoms with Gasteiger partial charge in [-0.3, -0.25) is 9.69 Å². The zero-order valence-electron chi connectivity index (χ0n) is 9.45. The SMILES string of the molecule is CN1CCC(=O)N(CC2CCOCC2)C1. The molecular weight excluding hydrogens is 192 g/mol. The molecule has 0 unspecified atom stereocenters. The van der Waals surface area contributed by atoms with Gasteiger partial charge in [-0.05, 0) is 25.8 Å². The lowest BCUT2D eigenvalue weighted by molar-refractivity contribution is -0.138. The summed E-state index contributed by atoms with van der Waals surface area (Å²) >= 11 is 0. The van der Waals surface area contributed by atoms with E-state index in [-0.39, 0.29) is 0 Å². The van der Waals surface area contributed by atoms with Gasteiger partial charge in [-0.15, -0.1) is 0 Å². The Labute approximate surface area is 91.2 Å². The summed E-state index contributed by atoms with van der Waals surface area (Å²) in [7, 11) is 2.07. The summed E-state index contributed by atoms with van der Waals surface area (Å²) in [6.07, 6.45) is 2.89. The van der Waals surface area contributed by atoms with E-state index in [4.69, 9.17) is 4.74 Å². The number of carbonyl (C=O) groups excluding carboxylic acids is 1. The number of amides is 1. The smallest absolute Gasteiger partial charge is 0.224 e. The number of carbonyl (C=O) groups is 1. The minimum Gasteiger partial charge on any atom is -0.381 e. The van der Waals surface area contributed by atoms with Gasteiger partial charge in [0.1, 0.15) is 0 Å². The van der Waals surface area contributed by atoms with Crippen molar-refractivity contribution in [2.75, 3.05) is 40.0 Å². The molecule has 0 atom stereocenters. The average Bonchev–Trinajstić information content (AvgIpc) is 2.25. The summed E-state index contributed by atoms with van der Waals surface area (Å²) in [6.45, 7) is 4.36. The maximum atomic E-state index is 11.7. The molecule has 1 amide bonds. The second-order valence-corrected chi connectivity index (χ2v) is 4.64. The predicted octanol–water partition coefficient (Wildman–Crippen LogP) is 0.535. The van der Waals surface area contributed by atoms with Crippen LogP contribution >= 0.6 is 0 Å². The Morgan fingerprint density at radius 3 is 2.87 bits per heavy atom. The number of rotatable bonds is 2. The molecule has 0 radical (unpaired) electrons. The van der Waals surface area contributed by atoms with Crippen LogP contribution in [0.2, 0.25) is 0 Å². The highest BCUT2D eigenvalue weighted by atomic mass is 16.5. The van der Waals surface area contributed by atoms with E-state index in [9.17, 15) is 4.79 Å². The van der Waals surface area contributed by atoms with Crippen molar-refractivity contribution in [3.05, 3.63) is 0 Å². The van der Waals surface area contributed by atoms with Gasteiger partial charge >= 0.3 is 0 Å². The first kappa shape index (κ1) is 10.9. The molecule has 0 spiro atoms. The highest BCUT2D eigenvalue weighted by molar-refractivity contribution is 5.77. The minimum atomic E-state index is 0.319. The second-order valence-electron chi connectivity index (χ2n) is 4.64. The van der Waals surface area contributed by atoms with Crippen LogP contribution in [-0.4, -0.2) is 55.7 Å². The molecule has 0 aromatic rings. The first-order valence-electron chi connectivity index (χ1n) is 5.80. The van der Waals surface area contributed by atoms with E-state index in [1.807, 2.05) is 4.90 Å². The first-order chi connectivity index (χ1) is 7.25. The summed E-state index contributed by atoms with van der Waals surface area (Å²) < 4.78 is 5.32. The van der Waals surface area contributed by atoms with Crippen molar-refractivity contribution >= 4 is 5.91 Å². The van der Waals surface area contributed by atoms with Gasteiger partial charge < -0.3 is 9.64 Å². The zero-order chi connectivity index (χ0) is 10.7. The average molecular weight is 212 g/mol. The fraction of sp³-hybridized carbons (Fsp3) is 0.909. The quantitative estimate of drug-likeness (QED) is 0.669. The highest BCUT2D eigenvalue weighted by Crippen LogP contribution is 2.18. The van der Waals surface area contributed by atoms with Crippen LogP contribution in [0.4, 0.5) is 0 Å². The Morgan fingerprint density at radius 2 is 2.13 bits per heavy atom. The molecule has 4 nitrogen and oxygen atoms in total. The monoisotopic (exact) mass is 212 g/mol. The van der Waals surface area contributed by atoms with Crippen molar-refractivity contribution in [1.29, 1.82) is 0 Å². The van der Waals surface area contributed by atoms with Gasteiger partial charge in [0.05, 0.1) is 6.67 Å². The summed E-state index contributed by atoms with van der Waals surface area (Å²) in [4.78, 5) is 15.9. The van der Waals surface area contributed by atoms with Crippen molar-refractivity contribution in [3.8, 4) is 0 Å². The molecule has 2 fully saturated rings. The summed E-state index contributed by atoms with van der Waals surface area (Å²) in [5.41, 5.74) is 0. The fourth-order valence-corrected chi connectivity index (χ4v) is 2.29. The molecule has 0 aromatic heterocycles. The lowest BCUT2D eigenvalue weighted by Crippen LogP contribution is -2.48. The van der Waals surface area contributed by atoms with Crippen LogP contribution in [0.15, 0.2) is 0 Å². The second kappa shape index (κ2) is 4.94. The Morgan fingerprint density at radius 1 is 1.40 bits per heavy atom. The van der Waals surface area contributed by atoms with Crippen LogP contribution < -0.4 is 0 Å². The summed E-state index contributed by atoms with van der Waals surface area (Å²) in [5.74, 6) is 0.966. The Bertz CT molecular complexity index is 227. The summed E-state index contributed by atoms with van der Waals surface area (Å²) in [6, 6.07) is 0. The van der Waals surface area contributed by atoms with Crippen molar-refractivity contribution in [3.63, 3.8) is 0 Å². The number of nitrogens with zero attached hydrogens (tertiary/aromatic N) is 2. The van der Waals surface area contributed by atoms with Crippen LogP contribution in [0.5, 0.6) is 0 Å². The van der Waals surface area contributed by atoms with Crippen molar-refractivity contribution in [2.45, 2.75) is 19.3 Å². The van der Waals surface area contributed by atoms with Gasteiger partial charge in [-0.2, -0.15) is 0 Å². The molecule has 2 saturated heterocycles. The topological polar surface area (TPSA) is 32.8 Å². The molecule has 15 heavy (non-hydrogen) atoms. The van der Waals surface area contributed by atoms with Gasteiger partial charge in [-0.25, -0.2) is 0 Å². The van der Waals surface area contributed by atoms with Crippen molar-refractivity contribution in [1.82, 2.24) is 9.80 Å². The number of hydrogen-bond donors (Lipinski definition) is 0. The largest absolute Gasteiger partial charge is 0.381 e. The fourth-order valence-electron chi connectivity index (χ4n) is 2.29. The normalized spacial score (nSPS) is 25.9. The lowest BCUT2D eigenvalue weighted by Gasteiger charge is -2.36. The van der Waals surface area contributed by atoms with Crippen molar-refractivity contribution < 1.29 is 9.53 Å². The minimum absolute atomic E-state index is 0.319. The van der Waals surface area contributed by atoms with Crippen LogP contribution in [0.25, 0.3) is 0 Å². The molecule has 0 aliphatic carbocycles. The van der Waals surface area contributed by atoms with Gasteiger partial charge in [0.2, 0.25) is 5.91 Å². The third kappa shape index (κ3) is 2.92. The molecule has 86 valence electrons. The van der Waals surface area contributed by atoms with E-state index in [0.29, 0.717) is 18.2 Å². The van der Waals surface area contributed by atoms with Crippen LogP contribution in [-0.2, 0) is 9.53 Å². The molecule has 0 saturated carbocycles. The molecule has 2 aliphatic heterocycles. The highest BCUT2D eigenvalue weighted by Gasteiger charge is 2.25. The molecular formula is C11H20N2O2. The maximum Gasteiger partial charge on any atom is 0.224 e. The Hall–Kier alpha value is -0.610. The standard InChI is InChI=1S/C11H20N2O2/c1-12-5-2-11(14)13(9-12)8-10-3-6-15-7-4-10/h10H,2-9H2,1H3. The molecule has 4 heteroatoms. The predicted molar refractivity (Wildman–Crippen MR) is 57.4 cm³/mol. The van der Waals surface area contributed by atoms with Gasteiger partial charge in [-0.1, -0.05) is 0 Å². The van der Waals surface area contributed by atoms with Gasteiger partial charge in [0.15, 0.2) is 0 Å². The van der Waals surface area contributed by atoms with Gasteiger partial charge in [0, 0.05) is 32.7 Å². The Kier molecular flexibility index (Phi) is 3.59. The van der Waals surface area contributed by atoms with Crippen LogP contribution in [0.1, 0.15) is 19.3 Å². The first-order valence-corrected chi connectivity index (χ1v) is 5.80. The van der Waals surface area contributed by atoms with Crippen LogP contribution in [0, 0.1) is 5.92 Å². The molecule has 0 N–H and O–H groups in total. The summed E-state index contributed by atoms with van der Waals surface area (Å²) in [5, 5.41) is 0. The molecule has 2 rings (SSSR count). The van der Waals surface area contributed by atoms with E-state index in [0.717, 1.165) is 45.8 Å². The van der Waals surface area contributed by atoms with Gasteiger partial charge in [0.25, 0.3) is 0 Å². The van der Waals surface area contributed by atoms with E-state index in [1.165, 1.54) is 0 Å². The Balaban J connectivity index is 1.83.